The van der Waals surface area contributed by atoms with Gasteiger partial charge in [-0.05, 0) is 30.7 Å². The monoisotopic (exact) mass is 402 g/mol. The van der Waals surface area contributed by atoms with Crippen LogP contribution in [0.25, 0.3) is 0 Å². The summed E-state index contributed by atoms with van der Waals surface area (Å²) in [7, 11) is 0. The van der Waals surface area contributed by atoms with E-state index in [2.05, 4.69) is 10.2 Å². The van der Waals surface area contributed by atoms with Gasteiger partial charge >= 0.3 is 0 Å². The summed E-state index contributed by atoms with van der Waals surface area (Å²) < 4.78 is 0. The zero-order chi connectivity index (χ0) is 20.1. The highest BCUT2D eigenvalue weighted by Crippen LogP contribution is 2.28. The highest BCUT2D eigenvalue weighted by Gasteiger charge is 2.24. The standard InChI is InChI=1S/C20H23ClN4O3/c1-15(16-6-8-17(21)9-7-16)22-20(26)14-23-10-12-24(13-11-23)18-4-2-3-5-19(18)25(27)28/h2-9,15H,10-14H2,1H3,(H,22,26)/t15-/m1/s1. The Hall–Kier alpha value is -2.64. The van der Waals surface area contributed by atoms with Gasteiger partial charge < -0.3 is 10.2 Å². The number of piperazine rings is 1. The Labute approximate surface area is 169 Å². The van der Waals surface area contributed by atoms with Gasteiger partial charge in [0.25, 0.3) is 5.69 Å². The first-order valence-corrected chi connectivity index (χ1v) is 9.57. The van der Waals surface area contributed by atoms with Gasteiger partial charge in [-0.3, -0.25) is 19.8 Å². The molecule has 1 fully saturated rings. The summed E-state index contributed by atoms with van der Waals surface area (Å²) in [6.07, 6.45) is 0. The number of hydrogen-bond donors (Lipinski definition) is 1. The fourth-order valence-electron chi connectivity index (χ4n) is 3.36. The van der Waals surface area contributed by atoms with Crippen LogP contribution < -0.4 is 10.2 Å². The molecular formula is C20H23ClN4O3. The molecule has 0 spiro atoms. The van der Waals surface area contributed by atoms with E-state index < -0.39 is 0 Å². The Morgan fingerprint density at radius 2 is 1.79 bits per heavy atom. The fraction of sp³-hybridized carbons (Fsp3) is 0.350. The number of nitro groups is 1. The van der Waals surface area contributed by atoms with Crippen LogP contribution in [0.2, 0.25) is 5.02 Å². The predicted octanol–water partition coefficient (Wildman–Crippen LogP) is 3.25. The van der Waals surface area contributed by atoms with Crippen molar-refractivity contribution in [3.05, 3.63) is 69.2 Å². The molecule has 2 aromatic rings. The first-order valence-electron chi connectivity index (χ1n) is 9.19. The van der Waals surface area contributed by atoms with Crippen molar-refractivity contribution in [2.45, 2.75) is 13.0 Å². The summed E-state index contributed by atoms with van der Waals surface area (Å²) >= 11 is 5.90. The molecule has 0 aromatic heterocycles. The number of carbonyl (C=O) groups excluding carboxylic acids is 1. The quantitative estimate of drug-likeness (QED) is 0.592. The van der Waals surface area contributed by atoms with Crippen LogP contribution in [0.5, 0.6) is 0 Å². The lowest BCUT2D eigenvalue weighted by Crippen LogP contribution is -2.49. The maximum Gasteiger partial charge on any atom is 0.292 e. The summed E-state index contributed by atoms with van der Waals surface area (Å²) in [6.45, 7) is 4.88. The first kappa shape index (κ1) is 20.1. The van der Waals surface area contributed by atoms with Gasteiger partial charge in [-0.15, -0.1) is 0 Å². The molecule has 0 bridgehead atoms. The van der Waals surface area contributed by atoms with E-state index in [-0.39, 0.29) is 22.6 Å². The molecule has 1 heterocycles. The summed E-state index contributed by atoms with van der Waals surface area (Å²) in [5.74, 6) is -0.0402. The minimum absolute atomic E-state index is 0.0402. The van der Waals surface area contributed by atoms with Gasteiger partial charge in [0.2, 0.25) is 5.91 Å². The van der Waals surface area contributed by atoms with Crippen LogP contribution in [0.15, 0.2) is 48.5 Å². The van der Waals surface area contributed by atoms with Crippen LogP contribution in [0.3, 0.4) is 0 Å². The minimum Gasteiger partial charge on any atom is -0.363 e. The number of nitro benzene ring substituents is 1. The molecule has 1 aliphatic heterocycles. The molecule has 28 heavy (non-hydrogen) atoms. The second kappa shape index (κ2) is 9.03. The molecule has 1 aliphatic rings. The molecule has 148 valence electrons. The van der Waals surface area contributed by atoms with Gasteiger partial charge in [0.15, 0.2) is 0 Å². The molecule has 3 rings (SSSR count). The normalized spacial score (nSPS) is 15.9. The first-order chi connectivity index (χ1) is 13.4. The van der Waals surface area contributed by atoms with Gasteiger partial charge in [0.1, 0.15) is 5.69 Å². The van der Waals surface area contributed by atoms with Crippen LogP contribution in [-0.2, 0) is 4.79 Å². The second-order valence-corrected chi connectivity index (χ2v) is 7.29. The summed E-state index contributed by atoms with van der Waals surface area (Å²) in [5, 5.41) is 14.9. The Kier molecular flexibility index (Phi) is 6.49. The Bertz CT molecular complexity index is 836. The average molecular weight is 403 g/mol. The number of rotatable bonds is 6. The zero-order valence-electron chi connectivity index (χ0n) is 15.7. The van der Waals surface area contributed by atoms with Crippen molar-refractivity contribution in [2.75, 3.05) is 37.6 Å². The average Bonchev–Trinajstić information content (AvgIpc) is 2.69. The molecule has 1 N–H and O–H groups in total. The smallest absolute Gasteiger partial charge is 0.292 e. The van der Waals surface area contributed by atoms with E-state index in [1.807, 2.05) is 36.1 Å². The number of carbonyl (C=O) groups is 1. The minimum atomic E-state index is -0.354. The van der Waals surface area contributed by atoms with Crippen molar-refractivity contribution < 1.29 is 9.72 Å². The number of amides is 1. The summed E-state index contributed by atoms with van der Waals surface area (Å²) in [6, 6.07) is 14.1. The van der Waals surface area contributed by atoms with Crippen molar-refractivity contribution >= 4 is 28.9 Å². The molecule has 7 nitrogen and oxygen atoms in total. The lowest BCUT2D eigenvalue weighted by Gasteiger charge is -2.35. The molecule has 0 aliphatic carbocycles. The number of hydrogen-bond acceptors (Lipinski definition) is 5. The number of nitrogens with one attached hydrogen (secondary N) is 1. The van der Waals surface area contributed by atoms with Crippen LogP contribution in [0.4, 0.5) is 11.4 Å². The second-order valence-electron chi connectivity index (χ2n) is 6.85. The highest BCUT2D eigenvalue weighted by molar-refractivity contribution is 6.30. The maximum absolute atomic E-state index is 12.4. The summed E-state index contributed by atoms with van der Waals surface area (Å²) in [5.41, 5.74) is 1.75. The zero-order valence-corrected chi connectivity index (χ0v) is 16.4. The molecule has 8 heteroatoms. The third-order valence-electron chi connectivity index (χ3n) is 4.91. The van der Waals surface area contributed by atoms with E-state index in [4.69, 9.17) is 11.6 Å². The lowest BCUT2D eigenvalue weighted by molar-refractivity contribution is -0.384. The molecule has 0 saturated carbocycles. The van der Waals surface area contributed by atoms with E-state index in [0.29, 0.717) is 43.4 Å². The van der Waals surface area contributed by atoms with E-state index in [0.717, 1.165) is 5.56 Å². The molecule has 1 saturated heterocycles. The predicted molar refractivity (Wildman–Crippen MR) is 110 cm³/mol. The van der Waals surface area contributed by atoms with Gasteiger partial charge in [-0.25, -0.2) is 0 Å². The SMILES string of the molecule is C[C@@H](NC(=O)CN1CCN(c2ccccc2[N+](=O)[O-])CC1)c1ccc(Cl)cc1. The summed E-state index contributed by atoms with van der Waals surface area (Å²) in [4.78, 5) is 27.3. The molecule has 2 aromatic carbocycles. The van der Waals surface area contributed by atoms with Crippen LogP contribution in [0.1, 0.15) is 18.5 Å². The van der Waals surface area contributed by atoms with E-state index in [9.17, 15) is 14.9 Å². The van der Waals surface area contributed by atoms with Crippen LogP contribution in [0, 0.1) is 10.1 Å². The number of nitrogens with zero attached hydrogens (tertiary/aromatic N) is 3. The van der Waals surface area contributed by atoms with Crippen molar-refractivity contribution in [2.24, 2.45) is 0 Å². The topological polar surface area (TPSA) is 78.7 Å². The van der Waals surface area contributed by atoms with Crippen molar-refractivity contribution in [3.8, 4) is 0 Å². The maximum atomic E-state index is 12.4. The van der Waals surface area contributed by atoms with Crippen molar-refractivity contribution in [1.82, 2.24) is 10.2 Å². The molecular weight excluding hydrogens is 380 g/mol. The van der Waals surface area contributed by atoms with Crippen LogP contribution in [-0.4, -0.2) is 48.5 Å². The third-order valence-corrected chi connectivity index (χ3v) is 5.16. The number of anilines is 1. The Morgan fingerprint density at radius 1 is 1.14 bits per heavy atom. The molecule has 0 unspecified atom stereocenters. The van der Waals surface area contributed by atoms with Crippen molar-refractivity contribution in [3.63, 3.8) is 0 Å². The fourth-order valence-corrected chi connectivity index (χ4v) is 3.48. The number of halogens is 1. The third kappa shape index (κ3) is 4.99. The van der Waals surface area contributed by atoms with E-state index in [1.165, 1.54) is 6.07 Å². The van der Waals surface area contributed by atoms with Gasteiger partial charge in [-0.1, -0.05) is 35.9 Å². The van der Waals surface area contributed by atoms with Gasteiger partial charge in [0.05, 0.1) is 17.5 Å². The number of benzene rings is 2. The lowest BCUT2D eigenvalue weighted by atomic mass is 10.1. The molecule has 1 atom stereocenters. The largest absolute Gasteiger partial charge is 0.363 e. The van der Waals surface area contributed by atoms with E-state index >= 15 is 0 Å². The molecule has 1 amide bonds. The van der Waals surface area contributed by atoms with Crippen molar-refractivity contribution in [1.29, 1.82) is 0 Å². The van der Waals surface area contributed by atoms with Crippen LogP contribution >= 0.6 is 11.6 Å². The Morgan fingerprint density at radius 3 is 2.43 bits per heavy atom. The number of para-hydroxylation sites is 2. The van der Waals surface area contributed by atoms with Gasteiger partial charge in [-0.2, -0.15) is 0 Å². The highest BCUT2D eigenvalue weighted by atomic mass is 35.5. The Balaban J connectivity index is 1.51. The molecule has 0 radical (unpaired) electrons. The van der Waals surface area contributed by atoms with Gasteiger partial charge in [0, 0.05) is 37.3 Å². The van der Waals surface area contributed by atoms with E-state index in [1.54, 1.807) is 18.2 Å².